The van der Waals surface area contributed by atoms with Crippen molar-refractivity contribution in [3.8, 4) is 0 Å². The first-order valence-electron chi connectivity index (χ1n) is 10.4. The predicted molar refractivity (Wildman–Crippen MR) is 114 cm³/mol. The second kappa shape index (κ2) is 6.25. The number of hydrogen-bond acceptors (Lipinski definition) is 2. The summed E-state index contributed by atoms with van der Waals surface area (Å²) in [5, 5.41) is 0. The van der Waals surface area contributed by atoms with Gasteiger partial charge in [0, 0.05) is 0 Å². The molecule has 0 aromatic rings. The Kier molecular flexibility index (Phi) is 4.44. The summed E-state index contributed by atoms with van der Waals surface area (Å²) in [6.07, 6.45) is 14.8. The van der Waals surface area contributed by atoms with Crippen molar-refractivity contribution in [2.75, 3.05) is 0 Å². The van der Waals surface area contributed by atoms with Gasteiger partial charge in [0.15, 0.2) is 11.6 Å². The molecule has 0 spiro atoms. The van der Waals surface area contributed by atoms with E-state index in [1.165, 1.54) is 0 Å². The standard InChI is InChI=1S/C22H24Cl4O2/c23-19-13-9-5-1-2-6-10-14(13)20(19,24)18(28)22(26)16-12-8-4-3-7-11-15(16)21(22,25)17(19)27/h1-4,13-16H,5-12H2/b2-1-,4-3-/t13-,14-,15-,16+,19+,20-,21+,22-/m0/s1. The number of allylic oxidation sites excluding steroid dienone is 4. The summed E-state index contributed by atoms with van der Waals surface area (Å²) in [5.41, 5.74) is 0. The second-order valence-electron chi connectivity index (χ2n) is 9.18. The van der Waals surface area contributed by atoms with Gasteiger partial charge in [-0.3, -0.25) is 9.59 Å². The van der Waals surface area contributed by atoms with Gasteiger partial charge in [0.25, 0.3) is 0 Å². The summed E-state index contributed by atoms with van der Waals surface area (Å²) in [4.78, 5) is 22.1. The Labute approximate surface area is 186 Å². The molecule has 2 nitrogen and oxygen atoms in total. The molecule has 0 radical (unpaired) electrons. The molecular weight excluding hydrogens is 438 g/mol. The number of fused-ring (bicyclic) bond motifs is 8. The van der Waals surface area contributed by atoms with Crippen LogP contribution in [0.1, 0.15) is 51.4 Å². The number of halogens is 4. The molecule has 5 rings (SSSR count). The maximum absolute atomic E-state index is 13.9. The van der Waals surface area contributed by atoms with Crippen LogP contribution >= 0.6 is 46.4 Å². The Morgan fingerprint density at radius 1 is 0.536 bits per heavy atom. The van der Waals surface area contributed by atoms with Crippen molar-refractivity contribution in [2.24, 2.45) is 23.7 Å². The summed E-state index contributed by atoms with van der Waals surface area (Å²) in [5.74, 6) is -1.08. The zero-order chi connectivity index (χ0) is 19.9. The lowest BCUT2D eigenvalue weighted by atomic mass is 9.36. The van der Waals surface area contributed by atoms with Crippen LogP contribution in [0.4, 0.5) is 0 Å². The summed E-state index contributed by atoms with van der Waals surface area (Å²) in [7, 11) is 0. The Morgan fingerprint density at radius 2 is 0.750 bits per heavy atom. The normalized spacial score (nSPS) is 57.4. The van der Waals surface area contributed by atoms with Crippen molar-refractivity contribution in [3.05, 3.63) is 24.3 Å². The van der Waals surface area contributed by atoms with Crippen molar-refractivity contribution in [3.63, 3.8) is 0 Å². The van der Waals surface area contributed by atoms with Crippen LogP contribution in [0.2, 0.25) is 0 Å². The summed E-state index contributed by atoms with van der Waals surface area (Å²) in [6, 6.07) is 0. The van der Waals surface area contributed by atoms with Crippen molar-refractivity contribution in [1.29, 1.82) is 0 Å². The number of rotatable bonds is 0. The fourth-order valence-corrected chi connectivity index (χ4v) is 9.68. The average Bonchev–Trinajstić information content (AvgIpc) is 2.64. The van der Waals surface area contributed by atoms with Crippen LogP contribution in [0.25, 0.3) is 0 Å². The molecule has 0 N–H and O–H groups in total. The Morgan fingerprint density at radius 3 is 0.964 bits per heavy atom. The smallest absolute Gasteiger partial charge is 0.179 e. The third kappa shape index (κ3) is 1.92. The minimum absolute atomic E-state index is 0.127. The first-order chi connectivity index (χ1) is 13.3. The van der Waals surface area contributed by atoms with Crippen molar-refractivity contribution in [1.82, 2.24) is 0 Å². The Balaban J connectivity index is 1.63. The summed E-state index contributed by atoms with van der Waals surface area (Å²) >= 11 is 28.2. The van der Waals surface area contributed by atoms with Gasteiger partial charge in [-0.2, -0.15) is 0 Å². The fraction of sp³-hybridized carbons (Fsp3) is 0.727. The van der Waals surface area contributed by atoms with E-state index < -0.39 is 19.5 Å². The van der Waals surface area contributed by atoms with E-state index in [0.29, 0.717) is 0 Å². The van der Waals surface area contributed by atoms with Crippen LogP contribution in [0.3, 0.4) is 0 Å². The van der Waals surface area contributed by atoms with Gasteiger partial charge >= 0.3 is 0 Å². The van der Waals surface area contributed by atoms with E-state index in [-0.39, 0.29) is 35.2 Å². The number of alkyl halides is 4. The van der Waals surface area contributed by atoms with Crippen LogP contribution in [0.15, 0.2) is 24.3 Å². The number of carbonyl (C=O) groups is 2. The quantitative estimate of drug-likeness (QED) is 0.337. The molecule has 0 unspecified atom stereocenters. The lowest BCUT2D eigenvalue weighted by Crippen LogP contribution is -2.93. The predicted octanol–water partition coefficient (Wildman–Crippen LogP) is 5.80. The van der Waals surface area contributed by atoms with Crippen molar-refractivity contribution in [2.45, 2.75) is 70.9 Å². The van der Waals surface area contributed by atoms with Crippen molar-refractivity contribution >= 4 is 58.0 Å². The molecule has 8 atom stereocenters. The van der Waals surface area contributed by atoms with E-state index in [9.17, 15) is 9.59 Å². The van der Waals surface area contributed by atoms with E-state index in [1.807, 2.05) is 0 Å². The highest BCUT2D eigenvalue weighted by Gasteiger charge is 2.92. The van der Waals surface area contributed by atoms with Gasteiger partial charge in [-0.15, -0.1) is 46.4 Å². The third-order valence-electron chi connectivity index (χ3n) is 8.31. The van der Waals surface area contributed by atoms with Gasteiger partial charge in [-0.1, -0.05) is 24.3 Å². The van der Waals surface area contributed by atoms with Gasteiger partial charge in [-0.25, -0.2) is 0 Å². The lowest BCUT2D eigenvalue weighted by Gasteiger charge is -2.75. The molecule has 0 saturated heterocycles. The summed E-state index contributed by atoms with van der Waals surface area (Å²) in [6.45, 7) is 0. The van der Waals surface area contributed by atoms with Crippen LogP contribution in [0, 0.1) is 23.7 Å². The lowest BCUT2D eigenvalue weighted by molar-refractivity contribution is -0.173. The molecular formula is C22H24Cl4O2. The molecule has 3 fully saturated rings. The van der Waals surface area contributed by atoms with E-state index in [1.54, 1.807) is 0 Å². The van der Waals surface area contributed by atoms with Gasteiger partial charge in [0.2, 0.25) is 0 Å². The van der Waals surface area contributed by atoms with Crippen LogP contribution < -0.4 is 0 Å². The third-order valence-corrected chi connectivity index (χ3v) is 11.5. The highest BCUT2D eigenvalue weighted by molar-refractivity contribution is 6.65. The number of Topliss-reactive ketones (excluding diaryl/α,β-unsaturated/α-hetero) is 2. The molecule has 3 saturated carbocycles. The molecule has 0 aromatic heterocycles. The second-order valence-corrected chi connectivity index (χ2v) is 11.6. The minimum atomic E-state index is -1.44. The van der Waals surface area contributed by atoms with E-state index in [2.05, 4.69) is 24.3 Å². The minimum Gasteiger partial charge on any atom is -0.296 e. The van der Waals surface area contributed by atoms with E-state index in [0.717, 1.165) is 51.4 Å². The van der Waals surface area contributed by atoms with Gasteiger partial charge in [-0.05, 0) is 75.0 Å². The topological polar surface area (TPSA) is 34.1 Å². The molecule has 0 heterocycles. The zero-order valence-electron chi connectivity index (χ0n) is 15.6. The first-order valence-corrected chi connectivity index (χ1v) is 11.9. The molecule has 28 heavy (non-hydrogen) atoms. The van der Waals surface area contributed by atoms with Gasteiger partial charge in [0.05, 0.1) is 0 Å². The zero-order valence-corrected chi connectivity index (χ0v) is 18.6. The number of ketones is 2. The summed E-state index contributed by atoms with van der Waals surface area (Å²) < 4.78 is 0. The Bertz CT molecular complexity index is 682. The fourth-order valence-electron chi connectivity index (χ4n) is 7.03. The number of hydrogen-bond donors (Lipinski definition) is 0. The highest BCUT2D eigenvalue weighted by atomic mass is 35.5. The number of carbonyl (C=O) groups excluding carboxylic acids is 2. The first kappa shape index (κ1) is 19.9. The van der Waals surface area contributed by atoms with Crippen LogP contribution in [-0.2, 0) is 9.59 Å². The molecule has 0 amide bonds. The van der Waals surface area contributed by atoms with E-state index >= 15 is 0 Å². The molecule has 152 valence electrons. The Hall–Kier alpha value is -0.0200. The van der Waals surface area contributed by atoms with Gasteiger partial charge in [0.1, 0.15) is 19.5 Å². The monoisotopic (exact) mass is 460 g/mol. The SMILES string of the molecule is O=C1[C@@]2(Cl)[C@@H]3CC/C=C\CC[C@@H]3[C@@]2(Cl)C(=O)[C@]2(Cl)[C@H]3CC/C=C\CC[C@@H]3[C@]12Cl. The van der Waals surface area contributed by atoms with Crippen molar-refractivity contribution < 1.29 is 9.59 Å². The maximum atomic E-state index is 13.9. The molecule has 0 aromatic carbocycles. The molecule has 5 aliphatic carbocycles. The molecule has 0 bridgehead atoms. The largest absolute Gasteiger partial charge is 0.296 e. The molecule has 6 heteroatoms. The van der Waals surface area contributed by atoms with Crippen LogP contribution in [0.5, 0.6) is 0 Å². The van der Waals surface area contributed by atoms with E-state index in [4.69, 9.17) is 46.4 Å². The molecule has 5 aliphatic rings. The van der Waals surface area contributed by atoms with Gasteiger partial charge < -0.3 is 0 Å². The molecule has 0 aliphatic heterocycles. The average molecular weight is 462 g/mol. The maximum Gasteiger partial charge on any atom is 0.179 e. The highest BCUT2D eigenvalue weighted by Crippen LogP contribution is 2.77. The van der Waals surface area contributed by atoms with Crippen LogP contribution in [-0.4, -0.2) is 31.1 Å².